The first kappa shape index (κ1) is 18.7. The van der Waals surface area contributed by atoms with E-state index in [-0.39, 0.29) is 22.3 Å². The van der Waals surface area contributed by atoms with Crippen LogP contribution in [0.4, 0.5) is 0 Å². The van der Waals surface area contributed by atoms with Crippen molar-refractivity contribution in [2.75, 3.05) is 0 Å². The SMILES string of the molecule is C[C@@H](Sc1nc2scc(-c3ccccc3)c2c(=O)[nH]1)C(=O)NC(C)(C)C. The normalized spacial score (nSPS) is 12.9. The van der Waals surface area contributed by atoms with Crippen molar-refractivity contribution in [3.8, 4) is 11.1 Å². The van der Waals surface area contributed by atoms with Crippen molar-refractivity contribution in [3.63, 3.8) is 0 Å². The fourth-order valence-corrected chi connectivity index (χ4v) is 4.31. The van der Waals surface area contributed by atoms with E-state index in [9.17, 15) is 9.59 Å². The minimum absolute atomic E-state index is 0.0820. The van der Waals surface area contributed by atoms with Gasteiger partial charge < -0.3 is 10.3 Å². The van der Waals surface area contributed by atoms with E-state index in [1.165, 1.54) is 23.1 Å². The van der Waals surface area contributed by atoms with Crippen LogP contribution in [0.25, 0.3) is 21.3 Å². The molecule has 0 saturated heterocycles. The number of hydrogen-bond acceptors (Lipinski definition) is 5. The summed E-state index contributed by atoms with van der Waals surface area (Å²) >= 11 is 2.69. The molecule has 0 fully saturated rings. The lowest BCUT2D eigenvalue weighted by atomic mass is 10.1. The van der Waals surface area contributed by atoms with Crippen LogP contribution in [0.15, 0.2) is 45.7 Å². The summed E-state index contributed by atoms with van der Waals surface area (Å²) < 4.78 is 0. The Hall–Kier alpha value is -2.12. The van der Waals surface area contributed by atoms with Crippen molar-refractivity contribution in [3.05, 3.63) is 46.1 Å². The fourth-order valence-electron chi connectivity index (χ4n) is 2.51. The smallest absolute Gasteiger partial charge is 0.260 e. The number of hydrogen-bond donors (Lipinski definition) is 2. The van der Waals surface area contributed by atoms with Gasteiger partial charge in [0.25, 0.3) is 5.56 Å². The number of aromatic amines is 1. The summed E-state index contributed by atoms with van der Waals surface area (Å²) in [5, 5.41) is 5.59. The molecule has 1 amide bonds. The van der Waals surface area contributed by atoms with Gasteiger partial charge in [-0.25, -0.2) is 4.98 Å². The number of nitrogens with one attached hydrogen (secondary N) is 2. The van der Waals surface area contributed by atoms with Crippen LogP contribution in [0.2, 0.25) is 0 Å². The lowest BCUT2D eigenvalue weighted by molar-refractivity contribution is -0.121. The van der Waals surface area contributed by atoms with Crippen LogP contribution >= 0.6 is 23.1 Å². The van der Waals surface area contributed by atoms with Crippen molar-refractivity contribution in [2.24, 2.45) is 0 Å². The molecule has 0 saturated carbocycles. The summed E-state index contributed by atoms with van der Waals surface area (Å²) in [6, 6.07) is 9.78. The molecule has 2 aromatic heterocycles. The molecule has 0 spiro atoms. The Bertz CT molecular complexity index is 987. The Kier molecular flexibility index (Phi) is 5.20. The van der Waals surface area contributed by atoms with Crippen molar-refractivity contribution >= 4 is 39.2 Å². The lowest BCUT2D eigenvalue weighted by Gasteiger charge is -2.22. The number of rotatable bonds is 4. The molecule has 2 N–H and O–H groups in total. The van der Waals surface area contributed by atoms with Gasteiger partial charge in [-0.3, -0.25) is 9.59 Å². The number of carbonyl (C=O) groups excluding carboxylic acids is 1. The highest BCUT2D eigenvalue weighted by Gasteiger charge is 2.22. The van der Waals surface area contributed by atoms with E-state index < -0.39 is 0 Å². The van der Waals surface area contributed by atoms with Crippen molar-refractivity contribution in [1.29, 1.82) is 0 Å². The fraction of sp³-hybridized carbons (Fsp3) is 0.316. The van der Waals surface area contributed by atoms with Gasteiger partial charge in [-0.05, 0) is 33.3 Å². The van der Waals surface area contributed by atoms with Gasteiger partial charge >= 0.3 is 0 Å². The molecule has 3 aromatic rings. The van der Waals surface area contributed by atoms with Crippen molar-refractivity contribution in [2.45, 2.75) is 43.6 Å². The highest BCUT2D eigenvalue weighted by Crippen LogP contribution is 2.31. The number of carbonyl (C=O) groups is 1. The topological polar surface area (TPSA) is 74.8 Å². The highest BCUT2D eigenvalue weighted by molar-refractivity contribution is 8.00. The summed E-state index contributed by atoms with van der Waals surface area (Å²) in [5.41, 5.74) is 1.40. The minimum Gasteiger partial charge on any atom is -0.351 e. The highest BCUT2D eigenvalue weighted by atomic mass is 32.2. The molecule has 0 radical (unpaired) electrons. The molecule has 0 aliphatic heterocycles. The largest absolute Gasteiger partial charge is 0.351 e. The van der Waals surface area contributed by atoms with Gasteiger partial charge in [0.2, 0.25) is 5.91 Å². The molecular formula is C19H21N3O2S2. The van der Waals surface area contributed by atoms with E-state index in [0.29, 0.717) is 15.4 Å². The molecule has 0 unspecified atom stereocenters. The number of fused-ring (bicyclic) bond motifs is 1. The standard InChI is InChI=1S/C19H21N3O2S2/c1-11(15(23)22-19(2,3)4)26-18-20-16(24)14-13(10-25-17(14)21-18)12-8-6-5-7-9-12/h5-11H,1-4H3,(H,22,23)(H,20,21,24)/t11-/m1/s1. The van der Waals surface area contributed by atoms with Crippen LogP contribution in [0, 0.1) is 0 Å². The van der Waals surface area contributed by atoms with Gasteiger partial charge in [0.15, 0.2) is 5.16 Å². The maximum absolute atomic E-state index is 12.6. The molecule has 0 aliphatic rings. The van der Waals surface area contributed by atoms with E-state index in [1.807, 2.05) is 56.5 Å². The summed E-state index contributed by atoms with van der Waals surface area (Å²) in [5.74, 6) is -0.0820. The van der Waals surface area contributed by atoms with Gasteiger partial charge in [0, 0.05) is 16.5 Å². The second-order valence-corrected chi connectivity index (χ2v) is 9.25. The van der Waals surface area contributed by atoms with E-state index in [4.69, 9.17) is 0 Å². The second-order valence-electron chi connectivity index (χ2n) is 7.07. The third-order valence-corrected chi connectivity index (χ3v) is 5.52. The molecule has 7 heteroatoms. The van der Waals surface area contributed by atoms with Crippen molar-refractivity contribution in [1.82, 2.24) is 15.3 Å². The summed E-state index contributed by atoms with van der Waals surface area (Å²) in [6.45, 7) is 7.61. The first-order chi connectivity index (χ1) is 12.2. The molecule has 26 heavy (non-hydrogen) atoms. The Morgan fingerprint density at radius 3 is 2.62 bits per heavy atom. The number of amides is 1. The summed E-state index contributed by atoms with van der Waals surface area (Å²) in [7, 11) is 0. The molecule has 5 nitrogen and oxygen atoms in total. The summed E-state index contributed by atoms with van der Waals surface area (Å²) in [4.78, 5) is 32.9. The first-order valence-corrected chi connectivity index (χ1v) is 10.1. The van der Waals surface area contributed by atoms with Gasteiger partial charge in [0.1, 0.15) is 4.83 Å². The number of benzene rings is 1. The Labute approximate surface area is 160 Å². The minimum atomic E-state index is -0.358. The zero-order chi connectivity index (χ0) is 18.9. The third-order valence-electron chi connectivity index (χ3n) is 3.66. The number of thiophene rings is 1. The quantitative estimate of drug-likeness (QED) is 0.523. The van der Waals surface area contributed by atoms with E-state index in [1.54, 1.807) is 6.92 Å². The maximum atomic E-state index is 12.6. The van der Waals surface area contributed by atoms with E-state index >= 15 is 0 Å². The Morgan fingerprint density at radius 2 is 1.96 bits per heavy atom. The third kappa shape index (κ3) is 4.16. The molecule has 0 aliphatic carbocycles. The predicted octanol–water partition coefficient (Wildman–Crippen LogP) is 4.05. The van der Waals surface area contributed by atoms with Gasteiger partial charge in [0.05, 0.1) is 10.6 Å². The molecule has 3 rings (SSSR count). The van der Waals surface area contributed by atoms with Crippen molar-refractivity contribution < 1.29 is 4.79 Å². The van der Waals surface area contributed by atoms with Gasteiger partial charge in [-0.2, -0.15) is 0 Å². The maximum Gasteiger partial charge on any atom is 0.260 e. The zero-order valence-electron chi connectivity index (χ0n) is 15.1. The van der Waals surface area contributed by atoms with Gasteiger partial charge in [-0.1, -0.05) is 42.1 Å². The second kappa shape index (κ2) is 7.25. The molecular weight excluding hydrogens is 366 g/mol. The van der Waals surface area contributed by atoms with Crippen LogP contribution < -0.4 is 10.9 Å². The molecule has 1 aromatic carbocycles. The van der Waals surface area contributed by atoms with Crippen LogP contribution in [0.5, 0.6) is 0 Å². The average molecular weight is 388 g/mol. The van der Waals surface area contributed by atoms with E-state index in [0.717, 1.165) is 11.1 Å². The molecule has 0 bridgehead atoms. The van der Waals surface area contributed by atoms with Crippen LogP contribution in [-0.2, 0) is 4.79 Å². The number of H-pyrrole nitrogens is 1. The molecule has 1 atom stereocenters. The number of aromatic nitrogens is 2. The molecule has 136 valence electrons. The summed E-state index contributed by atoms with van der Waals surface area (Å²) in [6.07, 6.45) is 0. The van der Waals surface area contributed by atoms with Crippen LogP contribution in [-0.4, -0.2) is 26.7 Å². The van der Waals surface area contributed by atoms with Crippen LogP contribution in [0.3, 0.4) is 0 Å². The number of thioether (sulfide) groups is 1. The van der Waals surface area contributed by atoms with Gasteiger partial charge in [-0.15, -0.1) is 11.3 Å². The average Bonchev–Trinajstić information content (AvgIpc) is 2.98. The monoisotopic (exact) mass is 387 g/mol. The Balaban J connectivity index is 1.89. The number of nitrogens with zero attached hydrogens (tertiary/aromatic N) is 1. The van der Waals surface area contributed by atoms with E-state index in [2.05, 4.69) is 15.3 Å². The molecule has 2 heterocycles. The predicted molar refractivity (Wildman–Crippen MR) is 109 cm³/mol. The lowest BCUT2D eigenvalue weighted by Crippen LogP contribution is -2.44. The first-order valence-electron chi connectivity index (χ1n) is 8.30. The zero-order valence-corrected chi connectivity index (χ0v) is 16.8. The van der Waals surface area contributed by atoms with Crippen LogP contribution in [0.1, 0.15) is 27.7 Å². The Morgan fingerprint density at radius 1 is 1.27 bits per heavy atom.